The van der Waals surface area contributed by atoms with E-state index in [4.69, 9.17) is 0 Å². The average Bonchev–Trinajstić information content (AvgIpc) is 2.74. The number of amides is 2. The Labute approximate surface area is 175 Å². The van der Waals surface area contributed by atoms with Crippen LogP contribution in [0.25, 0.3) is 11.0 Å². The third-order valence-electron chi connectivity index (χ3n) is 4.71. The zero-order valence-corrected chi connectivity index (χ0v) is 17.1. The molecule has 156 valence electrons. The lowest BCUT2D eigenvalue weighted by Crippen LogP contribution is -2.43. The standard InChI is InChI=1S/C21H26N8O/c1-14(2)24-21(30)27-18-8-3-15-13-23-20(28-19(15)26-18)25-16-4-6-17(7-5-16)29-11-9-22-10-12-29/h3-8,13-14,22H,9-12H2,1-2H3,(H3,23,24,25,26,27,28,30). The van der Waals surface area contributed by atoms with E-state index in [9.17, 15) is 4.79 Å². The van der Waals surface area contributed by atoms with Crippen LogP contribution in [0.2, 0.25) is 0 Å². The fourth-order valence-corrected chi connectivity index (χ4v) is 3.26. The number of pyridine rings is 1. The van der Waals surface area contributed by atoms with Crippen molar-refractivity contribution in [2.45, 2.75) is 19.9 Å². The second-order valence-corrected chi connectivity index (χ2v) is 7.47. The van der Waals surface area contributed by atoms with Crippen LogP contribution in [0.3, 0.4) is 0 Å². The summed E-state index contributed by atoms with van der Waals surface area (Å²) >= 11 is 0. The highest BCUT2D eigenvalue weighted by Crippen LogP contribution is 2.21. The van der Waals surface area contributed by atoms with Gasteiger partial charge in [-0.2, -0.15) is 4.98 Å². The smallest absolute Gasteiger partial charge is 0.320 e. The Bertz CT molecular complexity index is 1020. The molecule has 1 fully saturated rings. The lowest BCUT2D eigenvalue weighted by atomic mass is 10.2. The molecule has 9 nitrogen and oxygen atoms in total. The van der Waals surface area contributed by atoms with Gasteiger partial charge in [0.2, 0.25) is 5.95 Å². The molecule has 1 saturated heterocycles. The van der Waals surface area contributed by atoms with Gasteiger partial charge in [0, 0.05) is 55.2 Å². The molecule has 0 bridgehead atoms. The van der Waals surface area contributed by atoms with Gasteiger partial charge < -0.3 is 20.9 Å². The Hall–Kier alpha value is -3.46. The van der Waals surface area contributed by atoms with Crippen molar-refractivity contribution < 1.29 is 4.79 Å². The maximum Gasteiger partial charge on any atom is 0.320 e. The van der Waals surface area contributed by atoms with Gasteiger partial charge in [-0.15, -0.1) is 0 Å². The first-order valence-corrected chi connectivity index (χ1v) is 10.1. The Kier molecular flexibility index (Phi) is 5.89. The monoisotopic (exact) mass is 406 g/mol. The number of fused-ring (bicyclic) bond motifs is 1. The highest BCUT2D eigenvalue weighted by molar-refractivity contribution is 5.89. The third-order valence-corrected chi connectivity index (χ3v) is 4.71. The van der Waals surface area contributed by atoms with E-state index in [1.54, 1.807) is 12.3 Å². The molecule has 0 radical (unpaired) electrons. The molecular formula is C21H26N8O. The number of piperazine rings is 1. The number of carbonyl (C=O) groups excluding carboxylic acids is 1. The maximum atomic E-state index is 11.9. The number of nitrogens with one attached hydrogen (secondary N) is 4. The van der Waals surface area contributed by atoms with Crippen molar-refractivity contribution in [1.82, 2.24) is 25.6 Å². The Morgan fingerprint density at radius 3 is 2.57 bits per heavy atom. The van der Waals surface area contributed by atoms with E-state index in [2.05, 4.69) is 53.3 Å². The van der Waals surface area contributed by atoms with E-state index < -0.39 is 0 Å². The Morgan fingerprint density at radius 1 is 1.07 bits per heavy atom. The summed E-state index contributed by atoms with van der Waals surface area (Å²) < 4.78 is 0. The molecule has 0 aliphatic carbocycles. The summed E-state index contributed by atoms with van der Waals surface area (Å²) in [6, 6.07) is 11.5. The van der Waals surface area contributed by atoms with Crippen molar-refractivity contribution in [3.8, 4) is 0 Å². The van der Waals surface area contributed by atoms with Gasteiger partial charge in [-0.25, -0.2) is 14.8 Å². The van der Waals surface area contributed by atoms with Gasteiger partial charge in [-0.05, 0) is 50.2 Å². The molecule has 1 aromatic carbocycles. The van der Waals surface area contributed by atoms with Crippen LogP contribution in [-0.2, 0) is 0 Å². The van der Waals surface area contributed by atoms with Gasteiger partial charge in [-0.3, -0.25) is 5.32 Å². The van der Waals surface area contributed by atoms with Gasteiger partial charge in [-0.1, -0.05) is 0 Å². The molecule has 2 amide bonds. The molecule has 0 atom stereocenters. The van der Waals surface area contributed by atoms with Crippen LogP contribution in [0.15, 0.2) is 42.6 Å². The number of aromatic nitrogens is 3. The van der Waals surface area contributed by atoms with Gasteiger partial charge in [0.05, 0.1) is 0 Å². The number of anilines is 4. The predicted octanol–water partition coefficient (Wildman–Crippen LogP) is 2.71. The first-order chi connectivity index (χ1) is 14.6. The molecule has 2 aromatic heterocycles. The van der Waals surface area contributed by atoms with Crippen LogP contribution >= 0.6 is 0 Å². The van der Waals surface area contributed by atoms with Gasteiger partial charge in [0.15, 0.2) is 5.65 Å². The number of urea groups is 1. The zero-order chi connectivity index (χ0) is 20.9. The van der Waals surface area contributed by atoms with Crippen LogP contribution in [0.4, 0.5) is 27.9 Å². The van der Waals surface area contributed by atoms with Gasteiger partial charge in [0.25, 0.3) is 0 Å². The van der Waals surface area contributed by atoms with Gasteiger partial charge in [0.1, 0.15) is 5.82 Å². The molecular weight excluding hydrogens is 380 g/mol. The minimum atomic E-state index is -0.297. The molecule has 9 heteroatoms. The van der Waals surface area contributed by atoms with Crippen LogP contribution in [-0.4, -0.2) is 53.2 Å². The fraction of sp³-hybridized carbons (Fsp3) is 0.333. The second-order valence-electron chi connectivity index (χ2n) is 7.47. The van der Waals surface area contributed by atoms with E-state index in [0.717, 1.165) is 37.3 Å². The summed E-state index contributed by atoms with van der Waals surface area (Å²) in [5.74, 6) is 0.888. The zero-order valence-electron chi connectivity index (χ0n) is 17.1. The molecule has 1 aliphatic rings. The van der Waals surface area contributed by atoms with E-state index in [1.807, 2.05) is 32.0 Å². The van der Waals surface area contributed by atoms with Crippen LogP contribution < -0.4 is 26.2 Å². The summed E-state index contributed by atoms with van der Waals surface area (Å²) in [6.07, 6.45) is 1.71. The van der Waals surface area contributed by atoms with Crippen LogP contribution in [0.5, 0.6) is 0 Å². The Morgan fingerprint density at radius 2 is 1.83 bits per heavy atom. The van der Waals surface area contributed by atoms with E-state index in [1.165, 1.54) is 5.69 Å². The summed E-state index contributed by atoms with van der Waals surface area (Å²) in [6.45, 7) is 7.83. The maximum absolute atomic E-state index is 11.9. The SMILES string of the molecule is CC(C)NC(=O)Nc1ccc2cnc(Nc3ccc(N4CCNCC4)cc3)nc2n1. The largest absolute Gasteiger partial charge is 0.369 e. The number of carbonyl (C=O) groups is 1. The van der Waals surface area contributed by atoms with Crippen molar-refractivity contribution in [2.75, 3.05) is 41.7 Å². The highest BCUT2D eigenvalue weighted by atomic mass is 16.2. The number of hydrogen-bond acceptors (Lipinski definition) is 7. The van der Waals surface area contributed by atoms with Crippen LogP contribution in [0, 0.1) is 0 Å². The molecule has 0 spiro atoms. The fourth-order valence-electron chi connectivity index (χ4n) is 3.26. The van der Waals surface area contributed by atoms with E-state index >= 15 is 0 Å². The van der Waals surface area contributed by atoms with Crippen molar-refractivity contribution in [3.05, 3.63) is 42.6 Å². The molecule has 0 unspecified atom stereocenters. The Balaban J connectivity index is 1.46. The highest BCUT2D eigenvalue weighted by Gasteiger charge is 2.11. The molecule has 4 rings (SSSR count). The molecule has 1 aliphatic heterocycles. The third kappa shape index (κ3) is 4.93. The number of rotatable bonds is 5. The molecule has 4 N–H and O–H groups in total. The second kappa shape index (κ2) is 8.91. The van der Waals surface area contributed by atoms with E-state index in [0.29, 0.717) is 17.4 Å². The molecule has 0 saturated carbocycles. The normalized spacial score (nSPS) is 14.0. The quantitative estimate of drug-likeness (QED) is 0.516. The first kappa shape index (κ1) is 19.8. The van der Waals surface area contributed by atoms with Crippen molar-refractivity contribution in [3.63, 3.8) is 0 Å². The van der Waals surface area contributed by atoms with Crippen molar-refractivity contribution >= 4 is 40.2 Å². The average molecular weight is 406 g/mol. The molecule has 3 heterocycles. The molecule has 3 aromatic rings. The minimum Gasteiger partial charge on any atom is -0.369 e. The first-order valence-electron chi connectivity index (χ1n) is 10.1. The number of hydrogen-bond donors (Lipinski definition) is 4. The van der Waals surface area contributed by atoms with E-state index in [-0.39, 0.29) is 12.1 Å². The van der Waals surface area contributed by atoms with Gasteiger partial charge >= 0.3 is 6.03 Å². The topological polar surface area (TPSA) is 107 Å². The van der Waals surface area contributed by atoms with Crippen molar-refractivity contribution in [2.24, 2.45) is 0 Å². The summed E-state index contributed by atoms with van der Waals surface area (Å²) in [5, 5.41) is 12.9. The number of nitrogens with zero attached hydrogens (tertiary/aromatic N) is 4. The lowest BCUT2D eigenvalue weighted by molar-refractivity contribution is 0.250. The lowest BCUT2D eigenvalue weighted by Gasteiger charge is -2.29. The van der Waals surface area contributed by atoms with Crippen LogP contribution in [0.1, 0.15) is 13.8 Å². The van der Waals surface area contributed by atoms with Crippen molar-refractivity contribution in [1.29, 1.82) is 0 Å². The summed E-state index contributed by atoms with van der Waals surface area (Å²) in [5.41, 5.74) is 2.62. The minimum absolute atomic E-state index is 0.0431. The number of benzene rings is 1. The molecule has 30 heavy (non-hydrogen) atoms. The summed E-state index contributed by atoms with van der Waals surface area (Å²) in [7, 11) is 0. The predicted molar refractivity (Wildman–Crippen MR) is 119 cm³/mol. The summed E-state index contributed by atoms with van der Waals surface area (Å²) in [4.78, 5) is 27.5.